The predicted octanol–water partition coefficient (Wildman–Crippen LogP) is 13.3. The summed E-state index contributed by atoms with van der Waals surface area (Å²) < 4.78 is 24.8. The maximum atomic E-state index is 14.1. The Morgan fingerprint density at radius 1 is 0.483 bits per heavy atom. The average molecular weight is 811 g/mol. The van der Waals surface area contributed by atoms with Crippen molar-refractivity contribution in [3.05, 3.63) is 154 Å². The smallest absolute Gasteiger partial charge is 0.320 e. The number of hydrogen-bond acceptors (Lipinski definition) is 6. The Morgan fingerprint density at radius 2 is 0.933 bits per heavy atom. The number of esters is 2. The highest BCUT2D eigenvalue weighted by atomic mass is 16.5. The highest BCUT2D eigenvalue weighted by molar-refractivity contribution is 5.80. The van der Waals surface area contributed by atoms with Gasteiger partial charge in [0.05, 0.1) is 5.41 Å². The molecule has 6 heteroatoms. The van der Waals surface area contributed by atoms with Gasteiger partial charge in [0.25, 0.3) is 0 Å². The summed E-state index contributed by atoms with van der Waals surface area (Å²) in [6, 6.07) is 38.7. The fourth-order valence-corrected chi connectivity index (χ4v) is 7.39. The summed E-state index contributed by atoms with van der Waals surface area (Å²) in [7, 11) is 0. The fraction of sp³-hybridized carbons (Fsp3) is 0.407. The van der Waals surface area contributed by atoms with Crippen LogP contribution in [0.15, 0.2) is 115 Å². The SMILES string of the molecule is CCC(C)(Oc1ccc(C(C)(c2ccccc2)c2ccc(OC(=O)C(C)(C)C)cc2)cc1)C(C)(C)C(=O)Oc1ccc(C(C)(C)c2ccc(OC(C)(C)C)c(C)c2)cc1C. The average Bonchev–Trinajstić information content (AvgIpc) is 3.18. The van der Waals surface area contributed by atoms with Gasteiger partial charge in [0.15, 0.2) is 0 Å². The lowest BCUT2D eigenvalue weighted by Gasteiger charge is -2.42. The van der Waals surface area contributed by atoms with Crippen LogP contribution in [0.5, 0.6) is 23.0 Å². The molecule has 0 bridgehead atoms. The van der Waals surface area contributed by atoms with Crippen LogP contribution in [0.2, 0.25) is 0 Å². The molecule has 2 unspecified atom stereocenters. The monoisotopic (exact) mass is 810 g/mol. The van der Waals surface area contributed by atoms with Crippen LogP contribution in [0.1, 0.15) is 135 Å². The Hall–Kier alpha value is -5.36. The molecule has 5 rings (SSSR count). The molecule has 0 aromatic heterocycles. The normalized spacial score (nSPS) is 14.4. The van der Waals surface area contributed by atoms with Crippen molar-refractivity contribution >= 4 is 11.9 Å². The standard InChI is InChI=1S/C54H66O6/c1-16-53(14,52(12,13)48(56)58-45-32-26-41(34-36(45)2)51(10,11)42-27-33-46(37(3)35-42)60-50(7,8)9)59-44-30-24-40(25-31-44)54(15,38-20-18-17-19-21-38)39-22-28-43(29-23-39)57-47(55)49(4,5)6/h17-35H,16H2,1-15H3. The van der Waals surface area contributed by atoms with Crippen LogP contribution in [-0.2, 0) is 20.4 Å². The lowest BCUT2D eigenvalue weighted by Crippen LogP contribution is -2.52. The number of carbonyl (C=O) groups excluding carboxylic acids is 2. The molecule has 0 fully saturated rings. The summed E-state index contributed by atoms with van der Waals surface area (Å²) >= 11 is 0. The molecule has 2 atom stereocenters. The third-order valence-corrected chi connectivity index (χ3v) is 12.3. The Bertz CT molecular complexity index is 2290. The third-order valence-electron chi connectivity index (χ3n) is 12.3. The van der Waals surface area contributed by atoms with E-state index in [4.69, 9.17) is 18.9 Å². The van der Waals surface area contributed by atoms with Crippen LogP contribution < -0.4 is 18.9 Å². The number of hydrogen-bond donors (Lipinski definition) is 0. The molecule has 0 aliphatic rings. The van der Waals surface area contributed by atoms with Crippen LogP contribution in [0, 0.1) is 24.7 Å². The minimum absolute atomic E-state index is 0.276. The molecule has 6 nitrogen and oxygen atoms in total. The van der Waals surface area contributed by atoms with Crippen molar-refractivity contribution in [1.82, 2.24) is 0 Å². The van der Waals surface area contributed by atoms with Crippen molar-refractivity contribution in [2.75, 3.05) is 0 Å². The quantitative estimate of drug-likeness (QED) is 0.0670. The summed E-state index contributed by atoms with van der Waals surface area (Å²) in [6.45, 7) is 30.2. The molecule has 60 heavy (non-hydrogen) atoms. The first-order valence-corrected chi connectivity index (χ1v) is 21.1. The first kappa shape index (κ1) is 45.7. The van der Waals surface area contributed by atoms with Gasteiger partial charge in [-0.1, -0.05) is 99.6 Å². The summed E-state index contributed by atoms with van der Waals surface area (Å²) in [5, 5.41) is 0. The van der Waals surface area contributed by atoms with E-state index in [1.807, 2.05) is 122 Å². The Kier molecular flexibility index (Phi) is 12.9. The van der Waals surface area contributed by atoms with Crippen molar-refractivity contribution in [3.63, 3.8) is 0 Å². The Balaban J connectivity index is 1.35. The number of rotatable bonds is 13. The molecule has 0 spiro atoms. The van der Waals surface area contributed by atoms with Gasteiger partial charge in [0.1, 0.15) is 39.6 Å². The van der Waals surface area contributed by atoms with Gasteiger partial charge in [-0.15, -0.1) is 0 Å². The number of ether oxygens (including phenoxy) is 4. The first-order chi connectivity index (χ1) is 27.8. The lowest BCUT2D eigenvalue weighted by atomic mass is 9.71. The molecule has 0 heterocycles. The van der Waals surface area contributed by atoms with Gasteiger partial charge >= 0.3 is 11.9 Å². The van der Waals surface area contributed by atoms with Gasteiger partial charge < -0.3 is 18.9 Å². The van der Waals surface area contributed by atoms with Crippen molar-refractivity contribution in [3.8, 4) is 23.0 Å². The number of aryl methyl sites for hydroxylation is 2. The topological polar surface area (TPSA) is 71.1 Å². The molecule has 0 radical (unpaired) electrons. The predicted molar refractivity (Wildman–Crippen MR) is 244 cm³/mol. The van der Waals surface area contributed by atoms with Gasteiger partial charge in [0, 0.05) is 10.8 Å². The maximum absolute atomic E-state index is 14.1. The fourth-order valence-electron chi connectivity index (χ4n) is 7.39. The largest absolute Gasteiger partial charge is 0.488 e. The van der Waals surface area contributed by atoms with Crippen LogP contribution in [0.4, 0.5) is 0 Å². The van der Waals surface area contributed by atoms with Crippen molar-refractivity contribution in [2.24, 2.45) is 10.8 Å². The van der Waals surface area contributed by atoms with E-state index >= 15 is 0 Å². The molecule has 0 saturated heterocycles. The van der Waals surface area contributed by atoms with E-state index in [1.165, 1.54) is 5.56 Å². The second-order valence-electron chi connectivity index (χ2n) is 19.7. The molecule has 0 aliphatic heterocycles. The van der Waals surface area contributed by atoms with Gasteiger partial charge in [0.2, 0.25) is 0 Å². The van der Waals surface area contributed by atoms with Crippen LogP contribution >= 0.6 is 0 Å². The summed E-state index contributed by atoms with van der Waals surface area (Å²) in [6.07, 6.45) is 0.565. The van der Waals surface area contributed by atoms with E-state index in [2.05, 4.69) is 97.0 Å². The lowest BCUT2D eigenvalue weighted by molar-refractivity contribution is -0.157. The summed E-state index contributed by atoms with van der Waals surface area (Å²) in [4.78, 5) is 26.7. The van der Waals surface area contributed by atoms with Crippen LogP contribution in [0.25, 0.3) is 0 Å². The van der Waals surface area contributed by atoms with E-state index in [9.17, 15) is 9.59 Å². The zero-order chi connectivity index (χ0) is 44.5. The highest BCUT2D eigenvalue weighted by Gasteiger charge is 2.49. The molecule has 0 N–H and O–H groups in total. The second-order valence-corrected chi connectivity index (χ2v) is 19.7. The molecule has 318 valence electrons. The van der Waals surface area contributed by atoms with E-state index in [1.54, 1.807) is 0 Å². The van der Waals surface area contributed by atoms with E-state index in [-0.39, 0.29) is 23.0 Å². The zero-order valence-corrected chi connectivity index (χ0v) is 38.6. The molecule has 5 aromatic carbocycles. The van der Waals surface area contributed by atoms with E-state index < -0.39 is 21.8 Å². The highest BCUT2D eigenvalue weighted by Crippen LogP contribution is 2.43. The van der Waals surface area contributed by atoms with Crippen molar-refractivity contribution in [2.45, 2.75) is 132 Å². The van der Waals surface area contributed by atoms with Crippen LogP contribution in [0.3, 0.4) is 0 Å². The van der Waals surface area contributed by atoms with Gasteiger partial charge in [-0.2, -0.15) is 0 Å². The second kappa shape index (κ2) is 17.0. The molecule has 0 saturated carbocycles. The summed E-state index contributed by atoms with van der Waals surface area (Å²) in [5.41, 5.74) is 3.85. The molecule has 5 aromatic rings. The minimum atomic E-state index is -1.02. The molecule has 0 aliphatic carbocycles. The van der Waals surface area contributed by atoms with Gasteiger partial charge in [-0.05, 0) is 165 Å². The van der Waals surface area contributed by atoms with Crippen molar-refractivity contribution < 1.29 is 28.5 Å². The zero-order valence-electron chi connectivity index (χ0n) is 38.6. The van der Waals surface area contributed by atoms with Gasteiger partial charge in [-0.25, -0.2) is 0 Å². The van der Waals surface area contributed by atoms with E-state index in [0.717, 1.165) is 39.1 Å². The Labute approximate surface area is 359 Å². The number of benzene rings is 5. The third kappa shape index (κ3) is 9.65. The summed E-state index contributed by atoms with van der Waals surface area (Å²) in [5.74, 6) is 1.93. The minimum Gasteiger partial charge on any atom is -0.488 e. The molecule has 0 amide bonds. The first-order valence-electron chi connectivity index (χ1n) is 21.1. The van der Waals surface area contributed by atoms with Crippen molar-refractivity contribution in [1.29, 1.82) is 0 Å². The Morgan fingerprint density at radius 3 is 1.38 bits per heavy atom. The maximum Gasteiger partial charge on any atom is 0.320 e. The van der Waals surface area contributed by atoms with Crippen LogP contribution in [-0.4, -0.2) is 23.1 Å². The number of carbonyl (C=O) groups is 2. The van der Waals surface area contributed by atoms with Gasteiger partial charge in [-0.3, -0.25) is 9.59 Å². The molecular weight excluding hydrogens is 745 g/mol. The van der Waals surface area contributed by atoms with E-state index in [0.29, 0.717) is 23.7 Å². The molecular formula is C54H66O6.